The van der Waals surface area contributed by atoms with Crippen molar-refractivity contribution in [3.8, 4) is 5.00 Å². The second-order valence-corrected chi connectivity index (χ2v) is 7.95. The topological polar surface area (TPSA) is 46.1 Å². The quantitative estimate of drug-likeness (QED) is 0.553. The van der Waals surface area contributed by atoms with Crippen molar-refractivity contribution in [3.05, 3.63) is 69.3 Å². The van der Waals surface area contributed by atoms with Crippen molar-refractivity contribution in [2.75, 3.05) is 5.32 Å². The Hall–Kier alpha value is -2.05. The highest BCUT2D eigenvalue weighted by atomic mass is 79.9. The molecule has 1 atom stereocenters. The van der Waals surface area contributed by atoms with Gasteiger partial charge in [-0.3, -0.25) is 0 Å². The van der Waals surface area contributed by atoms with Crippen molar-refractivity contribution >= 4 is 39.0 Å². The number of carbonyl (C=O) groups excluding carboxylic acids is 1. The largest absolute Gasteiger partial charge is 0.331 e. The Balaban J connectivity index is 1.81. The normalized spacial score (nSPS) is 12.0. The van der Waals surface area contributed by atoms with E-state index in [4.69, 9.17) is 0 Å². The number of amides is 2. The predicted octanol–water partition coefficient (Wildman–Crippen LogP) is 5.80. The van der Waals surface area contributed by atoms with Gasteiger partial charge < -0.3 is 15.2 Å². The van der Waals surface area contributed by atoms with E-state index in [-0.39, 0.29) is 12.1 Å². The molecular formula is C19H20BrN3OS. The average Bonchev–Trinajstić information content (AvgIpc) is 3.18. The number of nitrogens with one attached hydrogen (secondary N) is 2. The average molecular weight is 418 g/mol. The number of thiophene rings is 1. The number of aromatic nitrogens is 1. The van der Waals surface area contributed by atoms with Gasteiger partial charge in [-0.25, -0.2) is 4.79 Å². The van der Waals surface area contributed by atoms with Crippen molar-refractivity contribution < 1.29 is 4.79 Å². The molecule has 25 heavy (non-hydrogen) atoms. The number of anilines is 1. The lowest BCUT2D eigenvalue weighted by atomic mass is 10.1. The molecule has 4 nitrogen and oxygen atoms in total. The van der Waals surface area contributed by atoms with E-state index in [1.807, 2.05) is 55.7 Å². The zero-order valence-corrected chi connectivity index (χ0v) is 16.7. The summed E-state index contributed by atoms with van der Waals surface area (Å²) >= 11 is 5.19. The summed E-state index contributed by atoms with van der Waals surface area (Å²) in [5.74, 6) is 0. The monoisotopic (exact) mass is 417 g/mol. The van der Waals surface area contributed by atoms with Crippen molar-refractivity contribution in [1.29, 1.82) is 0 Å². The van der Waals surface area contributed by atoms with Crippen molar-refractivity contribution in [2.24, 2.45) is 0 Å². The summed E-state index contributed by atoms with van der Waals surface area (Å²) in [5, 5.41) is 7.09. The zero-order valence-electron chi connectivity index (χ0n) is 14.3. The Morgan fingerprint density at radius 2 is 1.84 bits per heavy atom. The van der Waals surface area contributed by atoms with Gasteiger partial charge in [0.25, 0.3) is 0 Å². The van der Waals surface area contributed by atoms with Crippen LogP contribution < -0.4 is 10.6 Å². The Kier molecular flexibility index (Phi) is 5.30. The minimum absolute atomic E-state index is 0.107. The van der Waals surface area contributed by atoms with Crippen LogP contribution in [0.2, 0.25) is 0 Å². The fourth-order valence-corrected chi connectivity index (χ4v) is 4.39. The molecule has 0 bridgehead atoms. The Morgan fingerprint density at radius 3 is 2.52 bits per heavy atom. The second kappa shape index (κ2) is 7.45. The number of benzene rings is 1. The van der Waals surface area contributed by atoms with Gasteiger partial charge in [-0.05, 0) is 66.5 Å². The number of hydrogen-bond acceptors (Lipinski definition) is 2. The van der Waals surface area contributed by atoms with Crippen LogP contribution in [-0.4, -0.2) is 10.6 Å². The minimum Gasteiger partial charge on any atom is -0.331 e. The molecule has 0 aliphatic heterocycles. The standard InChI is InChI=1S/C19H20BrN3OS/c1-12-14(3)25-18(23-10-6-7-11-23)17(12)13(2)21-19(24)22-16-9-5-4-8-15(16)20/h4-11,13H,1-3H3,(H2,21,22,24). The number of hydrogen-bond donors (Lipinski definition) is 2. The van der Waals surface area contributed by atoms with Gasteiger partial charge in [-0.1, -0.05) is 12.1 Å². The number of urea groups is 1. The summed E-state index contributed by atoms with van der Waals surface area (Å²) < 4.78 is 2.96. The molecule has 130 valence electrons. The van der Waals surface area contributed by atoms with Gasteiger partial charge in [0, 0.05) is 27.3 Å². The van der Waals surface area contributed by atoms with Crippen LogP contribution in [0.15, 0.2) is 53.3 Å². The lowest BCUT2D eigenvalue weighted by molar-refractivity contribution is 0.249. The van der Waals surface area contributed by atoms with E-state index < -0.39 is 0 Å². The molecule has 1 aromatic carbocycles. The van der Waals surface area contributed by atoms with Crippen molar-refractivity contribution in [1.82, 2.24) is 9.88 Å². The van der Waals surface area contributed by atoms with Gasteiger partial charge in [-0.15, -0.1) is 11.3 Å². The van der Waals surface area contributed by atoms with E-state index in [1.165, 1.54) is 10.4 Å². The lowest BCUT2D eigenvalue weighted by Gasteiger charge is -2.18. The Labute approximate surface area is 160 Å². The highest BCUT2D eigenvalue weighted by molar-refractivity contribution is 9.10. The van der Waals surface area contributed by atoms with Gasteiger partial charge >= 0.3 is 6.03 Å². The fourth-order valence-electron chi connectivity index (χ4n) is 2.79. The van der Waals surface area contributed by atoms with Gasteiger partial charge in [0.1, 0.15) is 5.00 Å². The summed E-state index contributed by atoms with van der Waals surface area (Å²) in [7, 11) is 0. The van der Waals surface area contributed by atoms with E-state index in [9.17, 15) is 4.79 Å². The molecule has 2 aromatic heterocycles. The maximum atomic E-state index is 12.4. The highest BCUT2D eigenvalue weighted by Gasteiger charge is 2.21. The summed E-state index contributed by atoms with van der Waals surface area (Å²) in [6.45, 7) is 6.24. The van der Waals surface area contributed by atoms with Gasteiger partial charge in [0.05, 0.1) is 11.7 Å². The summed E-state index contributed by atoms with van der Waals surface area (Å²) in [6, 6.07) is 11.2. The minimum atomic E-state index is -0.221. The molecular weight excluding hydrogens is 398 g/mol. The first-order valence-corrected chi connectivity index (χ1v) is 9.63. The number of aryl methyl sites for hydroxylation is 1. The Morgan fingerprint density at radius 1 is 1.16 bits per heavy atom. The third-order valence-electron chi connectivity index (χ3n) is 4.15. The number of rotatable bonds is 4. The van der Waals surface area contributed by atoms with Gasteiger partial charge in [0.2, 0.25) is 0 Å². The molecule has 3 rings (SSSR count). The summed E-state index contributed by atoms with van der Waals surface area (Å²) in [4.78, 5) is 13.7. The molecule has 2 heterocycles. The smallest absolute Gasteiger partial charge is 0.319 e. The van der Waals surface area contributed by atoms with Crippen LogP contribution in [0.1, 0.15) is 29.0 Å². The van der Waals surface area contributed by atoms with E-state index in [2.05, 4.69) is 45.0 Å². The molecule has 0 fully saturated rings. The SMILES string of the molecule is Cc1sc(-n2cccc2)c(C(C)NC(=O)Nc2ccccc2Br)c1C. The number of nitrogens with zero attached hydrogens (tertiary/aromatic N) is 1. The lowest BCUT2D eigenvalue weighted by Crippen LogP contribution is -2.31. The molecule has 0 aliphatic carbocycles. The maximum Gasteiger partial charge on any atom is 0.319 e. The van der Waals surface area contributed by atoms with Crippen molar-refractivity contribution in [3.63, 3.8) is 0 Å². The first kappa shape index (κ1) is 17.8. The van der Waals surface area contributed by atoms with Crippen LogP contribution in [-0.2, 0) is 0 Å². The van der Waals surface area contributed by atoms with Crippen LogP contribution in [0.4, 0.5) is 10.5 Å². The molecule has 0 saturated heterocycles. The molecule has 2 amide bonds. The van der Waals surface area contributed by atoms with Gasteiger partial charge in [0.15, 0.2) is 0 Å². The molecule has 0 aliphatic rings. The third-order valence-corrected chi connectivity index (χ3v) is 6.08. The highest BCUT2D eigenvalue weighted by Crippen LogP contribution is 2.35. The first-order valence-electron chi connectivity index (χ1n) is 8.02. The number of carbonyl (C=O) groups is 1. The van der Waals surface area contributed by atoms with Crippen molar-refractivity contribution in [2.45, 2.75) is 26.8 Å². The summed E-state index contributed by atoms with van der Waals surface area (Å²) in [5.41, 5.74) is 3.12. The molecule has 0 radical (unpaired) electrons. The van der Waals surface area contributed by atoms with Gasteiger partial charge in [-0.2, -0.15) is 0 Å². The van der Waals surface area contributed by atoms with Crippen LogP contribution in [0.5, 0.6) is 0 Å². The second-order valence-electron chi connectivity index (χ2n) is 5.89. The first-order chi connectivity index (χ1) is 12.0. The van der Waals surface area contributed by atoms with E-state index in [1.54, 1.807) is 11.3 Å². The molecule has 2 N–H and O–H groups in total. The molecule has 3 aromatic rings. The maximum absolute atomic E-state index is 12.4. The predicted molar refractivity (Wildman–Crippen MR) is 108 cm³/mol. The van der Waals surface area contributed by atoms with Crippen LogP contribution in [0, 0.1) is 13.8 Å². The van der Waals surface area contributed by atoms with E-state index >= 15 is 0 Å². The fraction of sp³-hybridized carbons (Fsp3) is 0.211. The molecule has 1 unspecified atom stereocenters. The third kappa shape index (κ3) is 3.80. The number of para-hydroxylation sites is 1. The van der Waals surface area contributed by atoms with Crippen LogP contribution in [0.3, 0.4) is 0 Å². The van der Waals surface area contributed by atoms with Crippen LogP contribution in [0.25, 0.3) is 5.00 Å². The Bertz CT molecular complexity index is 886. The van der Waals surface area contributed by atoms with E-state index in [0.29, 0.717) is 0 Å². The molecule has 6 heteroatoms. The van der Waals surface area contributed by atoms with Crippen LogP contribution >= 0.6 is 27.3 Å². The molecule has 0 spiro atoms. The molecule has 0 saturated carbocycles. The summed E-state index contributed by atoms with van der Waals surface area (Å²) in [6.07, 6.45) is 4.06. The zero-order chi connectivity index (χ0) is 18.0. The number of halogens is 1. The van der Waals surface area contributed by atoms with E-state index in [0.717, 1.165) is 20.7 Å².